The van der Waals surface area contributed by atoms with E-state index < -0.39 is 0 Å². The van der Waals surface area contributed by atoms with E-state index in [-0.39, 0.29) is 3.74 Å². The molecule has 0 aliphatic carbocycles. The zero-order valence-electron chi connectivity index (χ0n) is 4.77. The van der Waals surface area contributed by atoms with E-state index in [0.717, 1.165) is 6.54 Å². The molecule has 0 aromatic heterocycles. The number of hydrogen-bond acceptors (Lipinski definition) is 1. The summed E-state index contributed by atoms with van der Waals surface area (Å²) < 4.78 is 0.259. The van der Waals surface area contributed by atoms with E-state index in [1.165, 1.54) is 5.70 Å². The highest BCUT2D eigenvalue weighted by atomic mass is 79.9. The van der Waals surface area contributed by atoms with Gasteiger partial charge >= 0.3 is 0 Å². The summed E-state index contributed by atoms with van der Waals surface area (Å²) in [5, 5.41) is 3.20. The monoisotopic (exact) mass is 251 g/mol. The first-order valence-electron chi connectivity index (χ1n) is 2.69. The summed E-state index contributed by atoms with van der Waals surface area (Å²) in [7, 11) is 0. The van der Waals surface area contributed by atoms with Crippen LogP contribution in [0.3, 0.4) is 0 Å². The molecule has 0 radical (unpaired) electrons. The summed E-state index contributed by atoms with van der Waals surface area (Å²) >= 11 is 6.78. The molecule has 9 heavy (non-hydrogen) atoms. The predicted octanol–water partition coefficient (Wildman–Crippen LogP) is 2.15. The van der Waals surface area contributed by atoms with Gasteiger partial charge in [-0.25, -0.2) is 0 Å². The van der Waals surface area contributed by atoms with Gasteiger partial charge in [-0.3, -0.25) is 0 Å². The summed E-state index contributed by atoms with van der Waals surface area (Å²) in [6.07, 6.45) is 6.16. The molecule has 1 aliphatic heterocycles. The fourth-order valence-corrected chi connectivity index (χ4v) is 1.25. The average Bonchev–Trinajstić information content (AvgIpc) is 1.90. The summed E-state index contributed by atoms with van der Waals surface area (Å²) in [6, 6.07) is 0. The Morgan fingerprint density at radius 2 is 2.33 bits per heavy atom. The van der Waals surface area contributed by atoms with Gasteiger partial charge in [-0.05, 0) is 6.08 Å². The van der Waals surface area contributed by atoms with E-state index in [1.807, 2.05) is 12.2 Å². The van der Waals surface area contributed by atoms with Crippen LogP contribution in [0.25, 0.3) is 0 Å². The van der Waals surface area contributed by atoms with Gasteiger partial charge in [-0.15, -0.1) is 0 Å². The third-order valence-electron chi connectivity index (χ3n) is 1.07. The highest BCUT2D eigenvalue weighted by Gasteiger charge is 2.04. The molecule has 0 saturated carbocycles. The van der Waals surface area contributed by atoms with Gasteiger partial charge < -0.3 is 5.32 Å². The molecule has 0 atom stereocenters. The summed E-state index contributed by atoms with van der Waals surface area (Å²) in [5.41, 5.74) is 1.18. The molecule has 0 amide bonds. The maximum Gasteiger partial charge on any atom is 0.109 e. The third-order valence-corrected chi connectivity index (χ3v) is 2.06. The molecule has 1 aliphatic rings. The zero-order chi connectivity index (χ0) is 6.69. The van der Waals surface area contributed by atoms with Crippen LogP contribution in [0.1, 0.15) is 0 Å². The summed E-state index contributed by atoms with van der Waals surface area (Å²) in [6.45, 7) is 0.930. The Morgan fingerprint density at radius 3 is 2.67 bits per heavy atom. The van der Waals surface area contributed by atoms with Crippen LogP contribution < -0.4 is 5.32 Å². The molecule has 1 rings (SSSR count). The van der Waals surface area contributed by atoms with Crippen molar-refractivity contribution in [1.82, 2.24) is 5.32 Å². The molecule has 50 valence electrons. The van der Waals surface area contributed by atoms with Crippen molar-refractivity contribution in [2.24, 2.45) is 0 Å². The smallest absolute Gasteiger partial charge is 0.109 e. The number of rotatable bonds is 1. The number of nitrogens with one attached hydrogen (secondary N) is 1. The highest BCUT2D eigenvalue weighted by Crippen LogP contribution is 2.17. The molecule has 1 nitrogen and oxygen atoms in total. The molecule has 0 aromatic rings. The van der Waals surface area contributed by atoms with Crippen LogP contribution in [-0.2, 0) is 0 Å². The Morgan fingerprint density at radius 1 is 1.56 bits per heavy atom. The van der Waals surface area contributed by atoms with Crippen LogP contribution in [0, 0.1) is 0 Å². The van der Waals surface area contributed by atoms with E-state index in [2.05, 4.69) is 43.3 Å². The molecule has 0 saturated heterocycles. The average molecular weight is 253 g/mol. The fourth-order valence-electron chi connectivity index (χ4n) is 0.625. The summed E-state index contributed by atoms with van der Waals surface area (Å²) in [5.74, 6) is 0. The minimum absolute atomic E-state index is 0.259. The Hall–Kier alpha value is 0.240. The number of dihydropyridines is 1. The first-order valence-corrected chi connectivity index (χ1v) is 4.52. The first-order chi connectivity index (χ1) is 4.30. The van der Waals surface area contributed by atoms with Gasteiger partial charge in [0.1, 0.15) is 3.74 Å². The van der Waals surface area contributed by atoms with Crippen molar-refractivity contribution >= 4 is 31.9 Å². The molecule has 0 fully saturated rings. The van der Waals surface area contributed by atoms with Crippen LogP contribution in [0.2, 0.25) is 0 Å². The maximum absolute atomic E-state index is 3.39. The van der Waals surface area contributed by atoms with E-state index in [0.29, 0.717) is 0 Å². The van der Waals surface area contributed by atoms with Gasteiger partial charge in [0.25, 0.3) is 0 Å². The lowest BCUT2D eigenvalue weighted by Crippen LogP contribution is -2.19. The predicted molar refractivity (Wildman–Crippen MR) is 46.9 cm³/mol. The zero-order valence-corrected chi connectivity index (χ0v) is 7.94. The van der Waals surface area contributed by atoms with Crippen molar-refractivity contribution in [3.63, 3.8) is 0 Å². The van der Waals surface area contributed by atoms with Crippen molar-refractivity contribution in [2.45, 2.75) is 3.74 Å². The molecule has 0 aromatic carbocycles. The lowest BCUT2D eigenvalue weighted by Gasteiger charge is -2.12. The standard InChI is InChI=1S/C6H7Br2N/c7-6(8)5-3-1-2-4-9-5/h1-3,6,9H,4H2. The Balaban J connectivity index is 2.57. The Kier molecular flexibility index (Phi) is 2.79. The Labute approximate surface area is 71.5 Å². The third kappa shape index (κ3) is 2.14. The Bertz CT molecular complexity index is 149. The second kappa shape index (κ2) is 3.42. The SMILES string of the molecule is BrC(Br)C1=CC=CCN1. The molecule has 3 heteroatoms. The number of halogens is 2. The number of alkyl halides is 2. The maximum atomic E-state index is 3.39. The van der Waals surface area contributed by atoms with Crippen LogP contribution in [0.5, 0.6) is 0 Å². The minimum atomic E-state index is 0.259. The van der Waals surface area contributed by atoms with Gasteiger partial charge in [0.2, 0.25) is 0 Å². The van der Waals surface area contributed by atoms with E-state index in [4.69, 9.17) is 0 Å². The van der Waals surface area contributed by atoms with Gasteiger partial charge in [-0.1, -0.05) is 44.0 Å². The molecule has 0 unspecified atom stereocenters. The lowest BCUT2D eigenvalue weighted by atomic mass is 10.3. The molecule has 1 heterocycles. The fraction of sp³-hybridized carbons (Fsp3) is 0.333. The lowest BCUT2D eigenvalue weighted by molar-refractivity contribution is 0.890. The quantitative estimate of drug-likeness (QED) is 0.706. The largest absolute Gasteiger partial charge is 0.383 e. The van der Waals surface area contributed by atoms with Crippen LogP contribution >= 0.6 is 31.9 Å². The topological polar surface area (TPSA) is 12.0 Å². The van der Waals surface area contributed by atoms with Crippen molar-refractivity contribution in [1.29, 1.82) is 0 Å². The van der Waals surface area contributed by atoms with Crippen LogP contribution in [0.4, 0.5) is 0 Å². The molecule has 0 bridgehead atoms. The highest BCUT2D eigenvalue weighted by molar-refractivity contribution is 9.24. The second-order valence-corrected chi connectivity index (χ2v) is 4.79. The molecule has 0 spiro atoms. The minimum Gasteiger partial charge on any atom is -0.383 e. The summed E-state index contributed by atoms with van der Waals surface area (Å²) in [4.78, 5) is 0. The van der Waals surface area contributed by atoms with Crippen LogP contribution in [-0.4, -0.2) is 10.3 Å². The normalized spacial score (nSPS) is 17.4. The number of allylic oxidation sites excluding steroid dienone is 3. The molecular weight excluding hydrogens is 246 g/mol. The van der Waals surface area contributed by atoms with Gasteiger partial charge in [-0.2, -0.15) is 0 Å². The van der Waals surface area contributed by atoms with Crippen molar-refractivity contribution in [3.8, 4) is 0 Å². The van der Waals surface area contributed by atoms with Crippen molar-refractivity contribution in [2.75, 3.05) is 6.54 Å². The second-order valence-electron chi connectivity index (χ2n) is 1.73. The van der Waals surface area contributed by atoms with Crippen molar-refractivity contribution < 1.29 is 0 Å². The molecular formula is C6H7Br2N. The van der Waals surface area contributed by atoms with Crippen molar-refractivity contribution in [3.05, 3.63) is 23.9 Å². The van der Waals surface area contributed by atoms with E-state index in [1.54, 1.807) is 0 Å². The van der Waals surface area contributed by atoms with Gasteiger partial charge in [0.15, 0.2) is 0 Å². The van der Waals surface area contributed by atoms with E-state index >= 15 is 0 Å². The molecule has 1 N–H and O–H groups in total. The van der Waals surface area contributed by atoms with E-state index in [9.17, 15) is 0 Å². The first kappa shape index (κ1) is 7.35. The van der Waals surface area contributed by atoms with Crippen LogP contribution in [0.15, 0.2) is 23.9 Å². The number of hydrogen-bond donors (Lipinski definition) is 1. The van der Waals surface area contributed by atoms with Gasteiger partial charge in [0, 0.05) is 12.2 Å². The van der Waals surface area contributed by atoms with Gasteiger partial charge in [0.05, 0.1) is 0 Å².